The van der Waals surface area contributed by atoms with Crippen LogP contribution in [0.3, 0.4) is 0 Å². The summed E-state index contributed by atoms with van der Waals surface area (Å²) in [5.74, 6) is -1.56. The lowest BCUT2D eigenvalue weighted by Crippen LogP contribution is -2.29. The fourth-order valence-electron chi connectivity index (χ4n) is 5.31. The van der Waals surface area contributed by atoms with Crippen LogP contribution in [0.2, 0.25) is 0 Å². The van der Waals surface area contributed by atoms with Crippen molar-refractivity contribution >= 4 is 27.9 Å². The average Bonchev–Trinajstić information content (AvgIpc) is 3.31. The number of nitrogens with zero attached hydrogens (tertiary/aromatic N) is 4. The van der Waals surface area contributed by atoms with Crippen LogP contribution < -0.4 is 5.69 Å². The minimum absolute atomic E-state index is 0.263. The molecule has 3 aromatic carbocycles. The third-order valence-electron chi connectivity index (χ3n) is 6.86. The monoisotopic (exact) mass is 496 g/mol. The summed E-state index contributed by atoms with van der Waals surface area (Å²) in [5, 5.41) is 20.3. The van der Waals surface area contributed by atoms with Crippen LogP contribution in [0.5, 0.6) is 0 Å². The maximum atomic E-state index is 14.0. The van der Waals surface area contributed by atoms with Gasteiger partial charge in [-0.3, -0.25) is 13.9 Å². The molecule has 2 heterocycles. The second kappa shape index (κ2) is 9.10. The fraction of sp³-hybridized carbons (Fsp3) is 0.207. The van der Waals surface area contributed by atoms with Crippen molar-refractivity contribution in [3.05, 3.63) is 105 Å². The van der Waals surface area contributed by atoms with Gasteiger partial charge in [-0.25, -0.2) is 9.18 Å². The van der Waals surface area contributed by atoms with Crippen molar-refractivity contribution in [1.29, 1.82) is 5.26 Å². The number of aromatic nitrogens is 3. The molecule has 0 amide bonds. The van der Waals surface area contributed by atoms with Gasteiger partial charge in [0.25, 0.3) is 0 Å². The molecule has 0 saturated carbocycles. The van der Waals surface area contributed by atoms with E-state index in [1.54, 1.807) is 22.8 Å². The third kappa shape index (κ3) is 4.19. The summed E-state index contributed by atoms with van der Waals surface area (Å²) in [6, 6.07) is 15.9. The lowest BCUT2D eigenvalue weighted by Gasteiger charge is -2.17. The zero-order valence-electron chi connectivity index (χ0n) is 20.7. The highest BCUT2D eigenvalue weighted by molar-refractivity contribution is 5.88. The van der Waals surface area contributed by atoms with Crippen molar-refractivity contribution in [3.8, 4) is 6.07 Å². The lowest BCUT2D eigenvalue weighted by atomic mass is 10.0. The molecule has 2 aromatic heterocycles. The minimum Gasteiger partial charge on any atom is -0.481 e. The lowest BCUT2D eigenvalue weighted by molar-refractivity contribution is -0.137. The second-order valence-corrected chi connectivity index (χ2v) is 9.46. The van der Waals surface area contributed by atoms with E-state index in [9.17, 15) is 24.3 Å². The van der Waals surface area contributed by atoms with Crippen LogP contribution in [-0.2, 0) is 18.4 Å². The molecule has 5 rings (SSSR count). The van der Waals surface area contributed by atoms with Gasteiger partial charge in [0.1, 0.15) is 5.82 Å². The molecule has 1 atom stereocenters. The van der Waals surface area contributed by atoms with E-state index in [4.69, 9.17) is 0 Å². The first-order valence-corrected chi connectivity index (χ1v) is 11.8. The van der Waals surface area contributed by atoms with Crippen LogP contribution in [0.1, 0.15) is 40.3 Å². The number of carboxylic acid groups (broad SMARTS) is 1. The van der Waals surface area contributed by atoms with Crippen LogP contribution in [0.4, 0.5) is 4.39 Å². The standard InChI is InChI=1S/C29H25FN4O3/c1-17-10-18(2)28-21(15-32(3)26(28)11-17)16-33-23-9-4-19(14-31)12-25(23)34(29(33)37)24(13-27(35)36)20-5-7-22(30)8-6-20/h4-12,15,24H,13,16H2,1-3H3,(H,35,36)/t24-/m1/s1. The topological polar surface area (TPSA) is 93.0 Å². The highest BCUT2D eigenvalue weighted by Gasteiger charge is 2.25. The predicted octanol–water partition coefficient (Wildman–Crippen LogP) is 5.03. The van der Waals surface area contributed by atoms with E-state index in [-0.39, 0.29) is 13.0 Å². The van der Waals surface area contributed by atoms with Crippen LogP contribution in [-0.4, -0.2) is 24.8 Å². The Hall–Kier alpha value is -4.64. The molecular formula is C29H25FN4O3. The van der Waals surface area contributed by atoms with Gasteiger partial charge in [0.2, 0.25) is 0 Å². The zero-order chi connectivity index (χ0) is 26.4. The van der Waals surface area contributed by atoms with Gasteiger partial charge >= 0.3 is 11.7 Å². The Morgan fingerprint density at radius 2 is 1.78 bits per heavy atom. The van der Waals surface area contributed by atoms with E-state index in [0.717, 1.165) is 27.6 Å². The van der Waals surface area contributed by atoms with E-state index < -0.39 is 23.5 Å². The first-order valence-electron chi connectivity index (χ1n) is 11.8. The number of fused-ring (bicyclic) bond motifs is 2. The molecule has 5 aromatic rings. The molecule has 0 saturated heterocycles. The van der Waals surface area contributed by atoms with Crippen LogP contribution in [0.25, 0.3) is 21.9 Å². The SMILES string of the molecule is Cc1cc(C)c2c(Cn3c(=O)n([C@H](CC(=O)O)c4ccc(F)cc4)c4cc(C#N)ccc43)cn(C)c2c1. The van der Waals surface area contributed by atoms with Crippen molar-refractivity contribution in [2.24, 2.45) is 7.05 Å². The van der Waals surface area contributed by atoms with Crippen molar-refractivity contribution in [3.63, 3.8) is 0 Å². The molecule has 8 heteroatoms. The Kier molecular flexibility index (Phi) is 5.92. The number of imidazole rings is 1. The van der Waals surface area contributed by atoms with Crippen LogP contribution in [0.15, 0.2) is 65.6 Å². The number of nitriles is 1. The molecule has 1 N–H and O–H groups in total. The number of aryl methyl sites for hydroxylation is 3. The maximum Gasteiger partial charge on any atom is 0.330 e. The summed E-state index contributed by atoms with van der Waals surface area (Å²) in [4.78, 5) is 25.9. The first-order chi connectivity index (χ1) is 17.7. The minimum atomic E-state index is -1.10. The number of benzene rings is 3. The Morgan fingerprint density at radius 3 is 2.46 bits per heavy atom. The van der Waals surface area contributed by atoms with E-state index in [1.165, 1.54) is 28.8 Å². The smallest absolute Gasteiger partial charge is 0.330 e. The molecular weight excluding hydrogens is 471 g/mol. The summed E-state index contributed by atoms with van der Waals surface area (Å²) in [6.07, 6.45) is 1.62. The second-order valence-electron chi connectivity index (χ2n) is 9.46. The van der Waals surface area contributed by atoms with Gasteiger partial charge in [0.05, 0.1) is 41.7 Å². The van der Waals surface area contributed by atoms with Crippen molar-refractivity contribution < 1.29 is 14.3 Å². The van der Waals surface area contributed by atoms with Crippen LogP contribution in [0, 0.1) is 31.0 Å². The molecule has 0 unspecified atom stereocenters. The average molecular weight is 497 g/mol. The van der Waals surface area contributed by atoms with Gasteiger partial charge in [0, 0.05) is 24.1 Å². The summed E-state index contributed by atoms with van der Waals surface area (Å²) >= 11 is 0. The Morgan fingerprint density at radius 1 is 1.05 bits per heavy atom. The van der Waals surface area contributed by atoms with Crippen molar-refractivity contribution in [2.45, 2.75) is 32.9 Å². The molecule has 0 aliphatic carbocycles. The van der Waals surface area contributed by atoms with Gasteiger partial charge < -0.3 is 9.67 Å². The summed E-state index contributed by atoms with van der Waals surface area (Å²) < 4.78 is 18.7. The van der Waals surface area contributed by atoms with Gasteiger partial charge in [-0.15, -0.1) is 0 Å². The first kappa shape index (κ1) is 24.1. The summed E-state index contributed by atoms with van der Waals surface area (Å²) in [5.41, 5.74) is 5.74. The normalized spacial score (nSPS) is 12.2. The number of aliphatic carboxylic acids is 1. The Balaban J connectivity index is 1.76. The number of hydrogen-bond donors (Lipinski definition) is 1. The zero-order valence-corrected chi connectivity index (χ0v) is 20.7. The number of halogens is 1. The number of hydrogen-bond acceptors (Lipinski definition) is 3. The van der Waals surface area contributed by atoms with Crippen molar-refractivity contribution in [2.75, 3.05) is 0 Å². The predicted molar refractivity (Wildman–Crippen MR) is 139 cm³/mol. The van der Waals surface area contributed by atoms with Crippen LogP contribution >= 0.6 is 0 Å². The molecule has 7 nitrogen and oxygen atoms in total. The molecule has 0 spiro atoms. The Labute approximate surface area is 212 Å². The van der Waals surface area contributed by atoms with E-state index in [1.807, 2.05) is 31.7 Å². The molecule has 0 aliphatic rings. The molecule has 0 bridgehead atoms. The summed E-state index contributed by atoms with van der Waals surface area (Å²) in [7, 11) is 1.97. The highest BCUT2D eigenvalue weighted by Crippen LogP contribution is 2.30. The van der Waals surface area contributed by atoms with Gasteiger partial charge in [0.15, 0.2) is 0 Å². The van der Waals surface area contributed by atoms with E-state index in [0.29, 0.717) is 22.2 Å². The maximum absolute atomic E-state index is 14.0. The highest BCUT2D eigenvalue weighted by atomic mass is 19.1. The number of carbonyl (C=O) groups is 1. The van der Waals surface area contributed by atoms with Gasteiger partial charge in [-0.1, -0.05) is 18.2 Å². The molecule has 0 fully saturated rings. The third-order valence-corrected chi connectivity index (χ3v) is 6.86. The van der Waals surface area contributed by atoms with Crippen molar-refractivity contribution in [1.82, 2.24) is 13.7 Å². The molecule has 0 aliphatic heterocycles. The summed E-state index contributed by atoms with van der Waals surface area (Å²) in [6.45, 7) is 4.35. The van der Waals surface area contributed by atoms with Gasteiger partial charge in [-0.05, 0) is 72.5 Å². The largest absolute Gasteiger partial charge is 0.481 e. The number of rotatable bonds is 6. The quantitative estimate of drug-likeness (QED) is 0.357. The molecule has 0 radical (unpaired) electrons. The molecule has 37 heavy (non-hydrogen) atoms. The Bertz CT molecular complexity index is 1790. The van der Waals surface area contributed by atoms with Gasteiger partial charge in [-0.2, -0.15) is 5.26 Å². The van der Waals surface area contributed by atoms with E-state index >= 15 is 0 Å². The molecule has 186 valence electrons. The number of carboxylic acids is 1. The van der Waals surface area contributed by atoms with E-state index in [2.05, 4.69) is 18.2 Å². The fourth-order valence-corrected chi connectivity index (χ4v) is 5.31.